The van der Waals surface area contributed by atoms with Crippen LogP contribution in [0.25, 0.3) is 0 Å². The first kappa shape index (κ1) is 13.9. The fourth-order valence-corrected chi connectivity index (χ4v) is 4.22. The van der Waals surface area contributed by atoms with Crippen LogP contribution in [0.1, 0.15) is 55.6 Å². The van der Waals surface area contributed by atoms with Crippen molar-refractivity contribution in [3.8, 4) is 0 Å². The quantitative estimate of drug-likeness (QED) is 0.894. The van der Waals surface area contributed by atoms with Crippen LogP contribution >= 0.6 is 11.3 Å². The van der Waals surface area contributed by atoms with Gasteiger partial charge in [-0.3, -0.25) is 0 Å². The van der Waals surface area contributed by atoms with Gasteiger partial charge >= 0.3 is 6.03 Å². The molecule has 0 atom stereocenters. The molecule has 2 fully saturated rings. The number of nitrogens with one attached hydrogen (secondary N) is 2. The second kappa shape index (κ2) is 5.72. The van der Waals surface area contributed by atoms with Gasteiger partial charge in [0.2, 0.25) is 0 Å². The molecule has 20 heavy (non-hydrogen) atoms. The van der Waals surface area contributed by atoms with Gasteiger partial charge in [0.05, 0.1) is 5.54 Å². The maximum atomic E-state index is 12.1. The Kier molecular flexibility index (Phi) is 3.96. The lowest BCUT2D eigenvalue weighted by Gasteiger charge is -2.40. The molecule has 2 amide bonds. The molecule has 0 bridgehead atoms. The molecule has 0 aromatic carbocycles. The van der Waals surface area contributed by atoms with Crippen LogP contribution in [0.4, 0.5) is 4.79 Å². The fraction of sp³-hybridized carbons (Fsp3) is 0.733. The first-order valence-electron chi connectivity index (χ1n) is 7.67. The molecule has 3 rings (SSSR count). The predicted molar refractivity (Wildman–Crippen MR) is 80.9 cm³/mol. The van der Waals surface area contributed by atoms with Crippen molar-refractivity contribution in [3.63, 3.8) is 0 Å². The smallest absolute Gasteiger partial charge is 0.315 e. The van der Waals surface area contributed by atoms with Gasteiger partial charge in [-0.15, -0.1) is 11.3 Å². The van der Waals surface area contributed by atoms with Crippen molar-refractivity contribution in [2.75, 3.05) is 6.54 Å². The summed E-state index contributed by atoms with van der Waals surface area (Å²) in [5.41, 5.74) is 0.850. The summed E-state index contributed by atoms with van der Waals surface area (Å²) in [7, 11) is 0. The molecule has 2 aliphatic carbocycles. The Balaban J connectivity index is 1.56. The summed E-state index contributed by atoms with van der Waals surface area (Å²) in [6.07, 6.45) is 8.34. The standard InChI is InChI=1S/C15H23N3OS/c1-11-10-20-13(17-11)15(7-4-8-15)18-14(19)16-9-12-5-2-3-6-12/h10,12H,2-9H2,1H3,(H2,16,18,19). The number of rotatable bonds is 4. The van der Waals surface area contributed by atoms with Gasteiger partial charge in [-0.2, -0.15) is 0 Å². The molecule has 2 saturated carbocycles. The zero-order valence-corrected chi connectivity index (χ0v) is 12.9. The molecule has 4 nitrogen and oxygen atoms in total. The summed E-state index contributed by atoms with van der Waals surface area (Å²) in [5, 5.41) is 9.36. The Hall–Kier alpha value is -1.10. The van der Waals surface area contributed by atoms with Crippen molar-refractivity contribution in [1.29, 1.82) is 0 Å². The number of amides is 2. The molecule has 2 N–H and O–H groups in total. The van der Waals surface area contributed by atoms with Gasteiger partial charge in [0.25, 0.3) is 0 Å². The van der Waals surface area contributed by atoms with E-state index >= 15 is 0 Å². The van der Waals surface area contributed by atoms with E-state index in [0.717, 1.165) is 30.1 Å². The molecular weight excluding hydrogens is 270 g/mol. The molecule has 0 aliphatic heterocycles. The summed E-state index contributed by atoms with van der Waals surface area (Å²) < 4.78 is 0. The van der Waals surface area contributed by atoms with Crippen molar-refractivity contribution in [1.82, 2.24) is 15.6 Å². The Morgan fingerprint density at radius 2 is 2.15 bits per heavy atom. The first-order chi connectivity index (χ1) is 9.68. The lowest BCUT2D eigenvalue weighted by molar-refractivity contribution is 0.176. The molecule has 0 saturated heterocycles. The van der Waals surface area contributed by atoms with E-state index in [1.54, 1.807) is 11.3 Å². The number of aromatic nitrogens is 1. The fourth-order valence-electron chi connectivity index (χ4n) is 3.21. The number of carbonyl (C=O) groups is 1. The SMILES string of the molecule is Cc1csc(C2(NC(=O)NCC3CCCC3)CCC2)n1. The van der Waals surface area contributed by atoms with Crippen LogP contribution in [-0.2, 0) is 5.54 Å². The normalized spacial score (nSPS) is 21.4. The monoisotopic (exact) mass is 293 g/mol. The number of nitrogens with zero attached hydrogens (tertiary/aromatic N) is 1. The number of hydrogen-bond acceptors (Lipinski definition) is 3. The van der Waals surface area contributed by atoms with Crippen LogP contribution in [0, 0.1) is 12.8 Å². The Bertz CT molecular complexity index is 475. The third kappa shape index (κ3) is 2.82. The minimum atomic E-state index is -0.196. The van der Waals surface area contributed by atoms with Crippen LogP contribution in [0.3, 0.4) is 0 Å². The highest BCUT2D eigenvalue weighted by Crippen LogP contribution is 2.42. The maximum absolute atomic E-state index is 12.1. The van der Waals surface area contributed by atoms with E-state index in [1.807, 2.05) is 6.92 Å². The summed E-state index contributed by atoms with van der Waals surface area (Å²) >= 11 is 1.66. The van der Waals surface area contributed by atoms with Crippen molar-refractivity contribution < 1.29 is 4.79 Å². The molecular formula is C15H23N3OS. The molecule has 1 aromatic rings. The Morgan fingerprint density at radius 1 is 1.40 bits per heavy atom. The van der Waals surface area contributed by atoms with Crippen molar-refractivity contribution in [3.05, 3.63) is 16.1 Å². The lowest BCUT2D eigenvalue weighted by atomic mass is 9.77. The number of aryl methyl sites for hydroxylation is 1. The van der Waals surface area contributed by atoms with Crippen LogP contribution in [0.15, 0.2) is 5.38 Å². The van der Waals surface area contributed by atoms with Gasteiger partial charge in [-0.05, 0) is 44.9 Å². The van der Waals surface area contributed by atoms with E-state index < -0.39 is 0 Å². The molecule has 2 aliphatic rings. The second-order valence-corrected chi connectivity index (χ2v) is 7.07. The number of urea groups is 1. The third-order valence-corrected chi connectivity index (χ3v) is 5.78. The minimum absolute atomic E-state index is 0.0237. The summed E-state index contributed by atoms with van der Waals surface area (Å²) in [6.45, 7) is 2.82. The highest BCUT2D eigenvalue weighted by Gasteiger charge is 2.42. The van der Waals surface area contributed by atoms with E-state index in [0.29, 0.717) is 5.92 Å². The average molecular weight is 293 g/mol. The molecule has 0 spiro atoms. The topological polar surface area (TPSA) is 54.0 Å². The Morgan fingerprint density at radius 3 is 2.70 bits per heavy atom. The van der Waals surface area contributed by atoms with Crippen LogP contribution in [-0.4, -0.2) is 17.6 Å². The molecule has 5 heteroatoms. The molecule has 0 radical (unpaired) electrons. The molecule has 1 aromatic heterocycles. The van der Waals surface area contributed by atoms with Crippen LogP contribution in [0.2, 0.25) is 0 Å². The van der Waals surface area contributed by atoms with Gasteiger partial charge < -0.3 is 10.6 Å². The zero-order chi connectivity index (χ0) is 14.0. The number of carbonyl (C=O) groups excluding carboxylic acids is 1. The summed E-state index contributed by atoms with van der Waals surface area (Å²) in [5.74, 6) is 0.681. The highest BCUT2D eigenvalue weighted by atomic mass is 32.1. The van der Waals surface area contributed by atoms with Crippen LogP contribution < -0.4 is 10.6 Å². The van der Waals surface area contributed by atoms with Gasteiger partial charge in [-0.25, -0.2) is 9.78 Å². The van der Waals surface area contributed by atoms with Crippen molar-refractivity contribution >= 4 is 17.4 Å². The molecule has 1 heterocycles. The van der Waals surface area contributed by atoms with E-state index in [4.69, 9.17) is 0 Å². The largest absolute Gasteiger partial charge is 0.338 e. The first-order valence-corrected chi connectivity index (χ1v) is 8.54. The van der Waals surface area contributed by atoms with E-state index in [-0.39, 0.29) is 11.6 Å². The minimum Gasteiger partial charge on any atom is -0.338 e. The lowest BCUT2D eigenvalue weighted by Crippen LogP contribution is -2.54. The van der Waals surface area contributed by atoms with Gasteiger partial charge in [-0.1, -0.05) is 12.8 Å². The van der Waals surface area contributed by atoms with Gasteiger partial charge in [0.1, 0.15) is 5.01 Å². The number of thiazole rings is 1. The average Bonchev–Trinajstić information content (AvgIpc) is 3.02. The van der Waals surface area contributed by atoms with Gasteiger partial charge in [0.15, 0.2) is 0 Å². The van der Waals surface area contributed by atoms with Crippen LogP contribution in [0.5, 0.6) is 0 Å². The number of hydrogen-bond donors (Lipinski definition) is 2. The third-order valence-electron chi connectivity index (χ3n) is 4.61. The zero-order valence-electron chi connectivity index (χ0n) is 12.1. The second-order valence-electron chi connectivity index (χ2n) is 6.22. The summed E-state index contributed by atoms with van der Waals surface area (Å²) in [4.78, 5) is 16.7. The van der Waals surface area contributed by atoms with Crippen molar-refractivity contribution in [2.45, 2.75) is 57.4 Å². The highest BCUT2D eigenvalue weighted by molar-refractivity contribution is 7.09. The molecule has 110 valence electrons. The van der Waals surface area contributed by atoms with E-state index in [2.05, 4.69) is 21.0 Å². The van der Waals surface area contributed by atoms with E-state index in [9.17, 15) is 4.79 Å². The van der Waals surface area contributed by atoms with Gasteiger partial charge in [0, 0.05) is 17.6 Å². The maximum Gasteiger partial charge on any atom is 0.315 e. The van der Waals surface area contributed by atoms with E-state index in [1.165, 1.54) is 32.1 Å². The molecule has 0 unspecified atom stereocenters. The summed E-state index contributed by atoms with van der Waals surface area (Å²) in [6, 6.07) is -0.0237. The predicted octanol–water partition coefficient (Wildman–Crippen LogP) is 3.32. The van der Waals surface area contributed by atoms with Crippen molar-refractivity contribution in [2.24, 2.45) is 5.92 Å². The Labute approximate surface area is 124 Å².